The normalized spacial score (nSPS) is 17.2. The van der Waals surface area contributed by atoms with E-state index >= 15 is 0 Å². The van der Waals surface area contributed by atoms with Gasteiger partial charge in [-0.05, 0) is 73.4 Å². The van der Waals surface area contributed by atoms with E-state index < -0.39 is 22.4 Å². The Hall–Kier alpha value is -1.92. The Morgan fingerprint density at radius 3 is 2.47 bits per heavy atom. The number of ether oxygens (including phenoxy) is 1. The lowest BCUT2D eigenvalue weighted by Gasteiger charge is -2.22. The number of thiophene rings is 2. The standard InChI is InChI=1S/C22H19ClF3NO4S3/c23-20-11-12-21(33-20)34(29,30)27-13-1-2-17(27)18(28)9-7-16-8-10-19(32-16)14-3-5-15(6-4-14)31-22(24,25)26/h3-6,8,10-12,17H,1-2,7,9,13H2/t17-/m0/s1. The second-order valence-corrected chi connectivity index (χ2v) is 12.6. The van der Waals surface area contributed by atoms with Crippen LogP contribution in [-0.4, -0.2) is 37.5 Å². The fourth-order valence-electron chi connectivity index (χ4n) is 3.80. The van der Waals surface area contributed by atoms with Gasteiger partial charge in [-0.3, -0.25) is 4.79 Å². The lowest BCUT2D eigenvalue weighted by Crippen LogP contribution is -2.40. The summed E-state index contributed by atoms with van der Waals surface area (Å²) in [6.45, 7) is 0.297. The second kappa shape index (κ2) is 9.98. The van der Waals surface area contributed by atoms with Crippen LogP contribution in [0.3, 0.4) is 0 Å². The molecular formula is C22H19ClF3NO4S3. The molecule has 0 radical (unpaired) electrons. The maximum absolute atomic E-state index is 13.0. The topological polar surface area (TPSA) is 63.7 Å². The fraction of sp³-hybridized carbons (Fsp3) is 0.318. The van der Waals surface area contributed by atoms with Gasteiger partial charge in [-0.15, -0.1) is 35.8 Å². The molecule has 1 fully saturated rings. The lowest BCUT2D eigenvalue weighted by molar-refractivity contribution is -0.274. The molecule has 1 saturated heterocycles. The molecule has 182 valence electrons. The van der Waals surface area contributed by atoms with Crippen LogP contribution in [0.5, 0.6) is 5.75 Å². The van der Waals surface area contributed by atoms with Gasteiger partial charge in [0.2, 0.25) is 0 Å². The number of rotatable bonds is 8. The third-order valence-corrected chi connectivity index (χ3v) is 10.1. The summed E-state index contributed by atoms with van der Waals surface area (Å²) in [7, 11) is -3.77. The highest BCUT2D eigenvalue weighted by Gasteiger charge is 2.39. The molecule has 1 aliphatic rings. The number of carbonyl (C=O) groups is 1. The first-order chi connectivity index (χ1) is 16.0. The van der Waals surface area contributed by atoms with Crippen LogP contribution in [0.2, 0.25) is 4.34 Å². The molecule has 0 bridgehead atoms. The van der Waals surface area contributed by atoms with E-state index in [0.29, 0.717) is 30.1 Å². The van der Waals surface area contributed by atoms with Gasteiger partial charge < -0.3 is 4.74 Å². The van der Waals surface area contributed by atoms with Gasteiger partial charge in [-0.25, -0.2) is 8.42 Å². The smallest absolute Gasteiger partial charge is 0.406 e. The molecule has 5 nitrogen and oxygen atoms in total. The Morgan fingerprint density at radius 2 is 1.82 bits per heavy atom. The van der Waals surface area contributed by atoms with Gasteiger partial charge in [0, 0.05) is 22.7 Å². The van der Waals surface area contributed by atoms with Crippen LogP contribution in [0, 0.1) is 0 Å². The van der Waals surface area contributed by atoms with Crippen molar-refractivity contribution in [2.24, 2.45) is 0 Å². The average Bonchev–Trinajstić information content (AvgIpc) is 3.52. The van der Waals surface area contributed by atoms with Crippen molar-refractivity contribution in [2.75, 3.05) is 6.54 Å². The van der Waals surface area contributed by atoms with Crippen molar-refractivity contribution in [2.45, 2.75) is 42.3 Å². The monoisotopic (exact) mass is 549 g/mol. The molecule has 4 rings (SSSR count). The molecule has 3 heterocycles. The van der Waals surface area contributed by atoms with E-state index in [9.17, 15) is 26.4 Å². The molecule has 12 heteroatoms. The van der Waals surface area contributed by atoms with Crippen LogP contribution in [0.25, 0.3) is 10.4 Å². The predicted octanol–water partition coefficient (Wildman–Crippen LogP) is 6.38. The second-order valence-electron chi connectivity index (χ2n) is 7.64. The van der Waals surface area contributed by atoms with E-state index in [-0.39, 0.29) is 22.2 Å². The summed E-state index contributed by atoms with van der Waals surface area (Å²) in [5, 5.41) is 0. The summed E-state index contributed by atoms with van der Waals surface area (Å²) >= 11 is 8.30. The zero-order chi connectivity index (χ0) is 24.5. The number of ketones is 1. The number of hydrogen-bond donors (Lipinski definition) is 0. The van der Waals surface area contributed by atoms with Crippen LogP contribution in [-0.2, 0) is 21.2 Å². The Kier molecular flexibility index (Phi) is 7.39. The number of Topliss-reactive ketones (excluding diaryl/α,β-unsaturated/α-hetero) is 1. The first-order valence-corrected chi connectivity index (χ1v) is 13.7. The molecule has 0 saturated carbocycles. The number of nitrogens with zero attached hydrogens (tertiary/aromatic N) is 1. The maximum atomic E-state index is 13.0. The van der Waals surface area contributed by atoms with Gasteiger partial charge in [0.05, 0.1) is 10.4 Å². The summed E-state index contributed by atoms with van der Waals surface area (Å²) in [6.07, 6.45) is -2.99. The van der Waals surface area contributed by atoms with Crippen LogP contribution in [0.15, 0.2) is 52.7 Å². The highest BCUT2D eigenvalue weighted by atomic mass is 35.5. The third-order valence-electron chi connectivity index (χ3n) is 5.34. The van der Waals surface area contributed by atoms with E-state index in [1.807, 2.05) is 12.1 Å². The highest BCUT2D eigenvalue weighted by molar-refractivity contribution is 7.91. The Labute approximate surface area is 207 Å². The van der Waals surface area contributed by atoms with Crippen molar-refractivity contribution >= 4 is 50.1 Å². The number of carbonyl (C=O) groups excluding carboxylic acids is 1. The van der Waals surface area contributed by atoms with Crippen molar-refractivity contribution in [3.8, 4) is 16.2 Å². The summed E-state index contributed by atoms with van der Waals surface area (Å²) in [5.41, 5.74) is 0.736. The molecule has 34 heavy (non-hydrogen) atoms. The molecule has 0 N–H and O–H groups in total. The minimum atomic E-state index is -4.74. The number of aryl methyl sites for hydroxylation is 1. The zero-order valence-corrected chi connectivity index (χ0v) is 20.8. The van der Waals surface area contributed by atoms with Gasteiger partial charge >= 0.3 is 6.36 Å². The molecule has 0 amide bonds. The molecule has 0 spiro atoms. The van der Waals surface area contributed by atoms with Crippen LogP contribution in [0.4, 0.5) is 13.2 Å². The maximum Gasteiger partial charge on any atom is 0.573 e. The predicted molar refractivity (Wildman–Crippen MR) is 126 cm³/mol. The van der Waals surface area contributed by atoms with Crippen LogP contribution < -0.4 is 4.74 Å². The number of benzene rings is 1. The Balaban J connectivity index is 1.38. The van der Waals surface area contributed by atoms with E-state index in [4.69, 9.17) is 11.6 Å². The first-order valence-electron chi connectivity index (χ1n) is 10.3. The summed E-state index contributed by atoms with van der Waals surface area (Å²) < 4.78 is 68.5. The van der Waals surface area contributed by atoms with Gasteiger partial charge in [-0.2, -0.15) is 4.31 Å². The van der Waals surface area contributed by atoms with Crippen molar-refractivity contribution in [3.05, 3.63) is 57.7 Å². The van der Waals surface area contributed by atoms with Crippen molar-refractivity contribution in [3.63, 3.8) is 0 Å². The van der Waals surface area contributed by atoms with Gasteiger partial charge in [0.1, 0.15) is 9.96 Å². The first kappa shape index (κ1) is 25.2. The van der Waals surface area contributed by atoms with Gasteiger partial charge in [0.25, 0.3) is 10.0 Å². The molecule has 3 aromatic rings. The largest absolute Gasteiger partial charge is 0.573 e. The number of halogens is 4. The molecule has 2 aromatic heterocycles. The fourth-order valence-corrected chi connectivity index (χ4v) is 8.11. The van der Waals surface area contributed by atoms with Gasteiger partial charge in [0.15, 0.2) is 5.78 Å². The number of alkyl halides is 3. The minimum Gasteiger partial charge on any atom is -0.406 e. The van der Waals surface area contributed by atoms with Crippen LogP contribution in [0.1, 0.15) is 24.1 Å². The summed E-state index contributed by atoms with van der Waals surface area (Å²) in [4.78, 5) is 14.7. The minimum absolute atomic E-state index is 0.131. The van der Waals surface area contributed by atoms with Crippen LogP contribution >= 0.6 is 34.3 Å². The molecule has 0 aliphatic carbocycles. The highest BCUT2D eigenvalue weighted by Crippen LogP contribution is 2.34. The number of hydrogen-bond acceptors (Lipinski definition) is 6. The zero-order valence-electron chi connectivity index (χ0n) is 17.5. The lowest BCUT2D eigenvalue weighted by atomic mass is 10.1. The molecule has 1 aromatic carbocycles. The van der Waals surface area contributed by atoms with Gasteiger partial charge in [-0.1, -0.05) is 11.6 Å². The van der Waals surface area contributed by atoms with Crippen molar-refractivity contribution < 1.29 is 31.1 Å². The van der Waals surface area contributed by atoms with E-state index in [2.05, 4.69) is 4.74 Å². The molecule has 1 aliphatic heterocycles. The average molecular weight is 550 g/mol. The summed E-state index contributed by atoms with van der Waals surface area (Å²) in [5.74, 6) is -0.424. The van der Waals surface area contributed by atoms with E-state index in [1.165, 1.54) is 39.9 Å². The quantitative estimate of drug-likeness (QED) is 0.327. The molecular weight excluding hydrogens is 531 g/mol. The Morgan fingerprint density at radius 1 is 1.09 bits per heavy atom. The summed E-state index contributed by atoms with van der Waals surface area (Å²) in [6, 6.07) is 11.6. The number of sulfonamides is 1. The SMILES string of the molecule is O=C(CCc1ccc(-c2ccc(OC(F)(F)F)cc2)s1)[C@@H]1CCCN1S(=O)(=O)c1ccc(Cl)s1. The molecule has 1 atom stereocenters. The Bertz CT molecular complexity index is 1270. The van der Waals surface area contributed by atoms with E-state index in [0.717, 1.165) is 26.7 Å². The third kappa shape index (κ3) is 5.83. The van der Waals surface area contributed by atoms with Crippen molar-refractivity contribution in [1.82, 2.24) is 4.31 Å². The molecule has 0 unspecified atom stereocenters. The van der Waals surface area contributed by atoms with Crippen molar-refractivity contribution in [1.29, 1.82) is 0 Å². The van der Waals surface area contributed by atoms with E-state index in [1.54, 1.807) is 12.1 Å².